The van der Waals surface area contributed by atoms with Gasteiger partial charge < -0.3 is 4.90 Å². The Morgan fingerprint density at radius 2 is 1.62 bits per heavy atom. The van der Waals surface area contributed by atoms with E-state index in [9.17, 15) is 13.2 Å². The van der Waals surface area contributed by atoms with Gasteiger partial charge in [0.1, 0.15) is 0 Å². The quantitative estimate of drug-likeness (QED) is 0.842. The van der Waals surface area contributed by atoms with E-state index in [4.69, 9.17) is 0 Å². The molecular weight excluding hydrogens is 348 g/mol. The minimum absolute atomic E-state index is 0.0655. The summed E-state index contributed by atoms with van der Waals surface area (Å²) >= 11 is 0. The monoisotopic (exact) mass is 372 g/mol. The molecule has 1 aliphatic heterocycles. The van der Waals surface area contributed by atoms with Crippen LogP contribution in [0, 0.1) is 0 Å². The number of carbonyl (C=O) groups is 1. The van der Waals surface area contributed by atoms with Crippen LogP contribution in [0.25, 0.3) is 0 Å². The maximum absolute atomic E-state index is 12.6. The molecule has 1 fully saturated rings. The maximum Gasteiger partial charge on any atom is 0.236 e. The van der Waals surface area contributed by atoms with E-state index in [1.54, 1.807) is 11.9 Å². The molecule has 0 spiro atoms. The van der Waals surface area contributed by atoms with Gasteiger partial charge in [0, 0.05) is 13.1 Å². The Labute approximate surface area is 154 Å². The van der Waals surface area contributed by atoms with E-state index in [0.717, 1.165) is 11.1 Å². The number of benzene rings is 2. The van der Waals surface area contributed by atoms with Crippen LogP contribution in [-0.2, 0) is 14.6 Å². The first kappa shape index (κ1) is 18.6. The largest absolute Gasteiger partial charge is 0.341 e. The summed E-state index contributed by atoms with van der Waals surface area (Å²) in [5, 5.41) is 3.34. The third kappa shape index (κ3) is 4.51. The van der Waals surface area contributed by atoms with E-state index in [1.807, 2.05) is 60.7 Å². The van der Waals surface area contributed by atoms with Gasteiger partial charge in [-0.15, -0.1) is 0 Å². The molecule has 3 rings (SSSR count). The third-order valence-electron chi connectivity index (χ3n) is 4.87. The Hall–Kier alpha value is -2.18. The van der Waals surface area contributed by atoms with Gasteiger partial charge in [-0.2, -0.15) is 0 Å². The summed E-state index contributed by atoms with van der Waals surface area (Å²) in [5.74, 6) is 0.138. The minimum atomic E-state index is -3.01. The second kappa shape index (κ2) is 8.01. The van der Waals surface area contributed by atoms with E-state index in [2.05, 4.69) is 5.32 Å². The second-order valence-electron chi connectivity index (χ2n) is 6.70. The lowest BCUT2D eigenvalue weighted by molar-refractivity contribution is -0.130. The SMILES string of the molecule is CN(C(=O)CNC(c1ccccc1)c1ccccc1)C1CCS(=O)(=O)C1. The molecule has 2 aromatic rings. The first-order valence-corrected chi connectivity index (χ1v) is 10.6. The summed E-state index contributed by atoms with van der Waals surface area (Å²) < 4.78 is 23.3. The molecule has 2 aromatic carbocycles. The van der Waals surface area contributed by atoms with Crippen LogP contribution in [0.1, 0.15) is 23.6 Å². The topological polar surface area (TPSA) is 66.5 Å². The van der Waals surface area contributed by atoms with Crippen molar-refractivity contribution in [1.29, 1.82) is 0 Å². The highest BCUT2D eigenvalue weighted by Gasteiger charge is 2.32. The average molecular weight is 372 g/mol. The zero-order valence-corrected chi connectivity index (χ0v) is 15.7. The number of hydrogen-bond acceptors (Lipinski definition) is 4. The van der Waals surface area contributed by atoms with Crippen molar-refractivity contribution in [3.8, 4) is 0 Å². The van der Waals surface area contributed by atoms with E-state index >= 15 is 0 Å². The number of hydrogen-bond donors (Lipinski definition) is 1. The fourth-order valence-electron chi connectivity index (χ4n) is 3.32. The molecule has 0 aromatic heterocycles. The smallest absolute Gasteiger partial charge is 0.236 e. The molecule has 1 heterocycles. The summed E-state index contributed by atoms with van der Waals surface area (Å²) in [7, 11) is -1.32. The van der Waals surface area contributed by atoms with Crippen LogP contribution in [-0.4, -0.2) is 50.4 Å². The Kier molecular flexibility index (Phi) is 5.74. The lowest BCUT2D eigenvalue weighted by Gasteiger charge is -2.26. The van der Waals surface area contributed by atoms with Gasteiger partial charge in [0.15, 0.2) is 9.84 Å². The van der Waals surface area contributed by atoms with Gasteiger partial charge >= 0.3 is 0 Å². The molecule has 1 atom stereocenters. The first-order valence-electron chi connectivity index (χ1n) is 8.75. The van der Waals surface area contributed by atoms with E-state index in [-0.39, 0.29) is 36.0 Å². The molecule has 1 unspecified atom stereocenters. The Morgan fingerprint density at radius 3 is 2.08 bits per heavy atom. The van der Waals surface area contributed by atoms with Crippen molar-refractivity contribution >= 4 is 15.7 Å². The van der Waals surface area contributed by atoms with E-state index < -0.39 is 9.84 Å². The lowest BCUT2D eigenvalue weighted by atomic mass is 9.99. The summed E-state index contributed by atoms with van der Waals surface area (Å²) in [6.07, 6.45) is 0.519. The molecule has 1 aliphatic rings. The van der Waals surface area contributed by atoms with Gasteiger partial charge in [-0.05, 0) is 17.5 Å². The minimum Gasteiger partial charge on any atom is -0.341 e. The number of amides is 1. The molecule has 0 bridgehead atoms. The van der Waals surface area contributed by atoms with Gasteiger partial charge in [0.05, 0.1) is 24.1 Å². The van der Waals surface area contributed by atoms with Gasteiger partial charge in [-0.3, -0.25) is 10.1 Å². The molecule has 1 N–H and O–H groups in total. The maximum atomic E-state index is 12.6. The summed E-state index contributed by atoms with van der Waals surface area (Å²) in [6.45, 7) is 0.154. The third-order valence-corrected chi connectivity index (χ3v) is 6.62. The standard InChI is InChI=1S/C20H24N2O3S/c1-22(18-12-13-26(24,25)15-18)19(23)14-21-20(16-8-4-2-5-9-16)17-10-6-3-7-11-17/h2-11,18,20-21H,12-15H2,1H3. The molecule has 6 heteroatoms. The summed E-state index contributed by atoms with van der Waals surface area (Å²) in [4.78, 5) is 14.2. The molecule has 5 nitrogen and oxygen atoms in total. The van der Waals surface area contributed by atoms with Crippen molar-refractivity contribution in [3.63, 3.8) is 0 Å². The number of likely N-dealkylation sites (N-methyl/N-ethyl adjacent to an activating group) is 1. The number of rotatable bonds is 6. The van der Waals surface area contributed by atoms with E-state index in [0.29, 0.717) is 6.42 Å². The molecule has 138 valence electrons. The fourth-order valence-corrected chi connectivity index (χ4v) is 5.09. The van der Waals surface area contributed by atoms with Crippen LogP contribution in [0.15, 0.2) is 60.7 Å². The van der Waals surface area contributed by atoms with Crippen LogP contribution >= 0.6 is 0 Å². The molecule has 0 radical (unpaired) electrons. The van der Waals surface area contributed by atoms with Gasteiger partial charge in [0.25, 0.3) is 0 Å². The summed E-state index contributed by atoms with van der Waals surface area (Å²) in [6, 6.07) is 19.6. The molecule has 26 heavy (non-hydrogen) atoms. The van der Waals surface area contributed by atoms with Gasteiger partial charge in [-0.25, -0.2) is 8.42 Å². The number of sulfone groups is 1. The Morgan fingerprint density at radius 1 is 1.08 bits per heavy atom. The zero-order valence-electron chi connectivity index (χ0n) is 14.8. The number of nitrogens with one attached hydrogen (secondary N) is 1. The molecule has 1 saturated heterocycles. The van der Waals surface area contributed by atoms with Crippen molar-refractivity contribution in [3.05, 3.63) is 71.8 Å². The second-order valence-corrected chi connectivity index (χ2v) is 8.93. The average Bonchev–Trinajstić information content (AvgIpc) is 3.02. The fraction of sp³-hybridized carbons (Fsp3) is 0.350. The molecular formula is C20H24N2O3S. The molecule has 1 amide bonds. The van der Waals surface area contributed by atoms with Crippen molar-refractivity contribution in [2.45, 2.75) is 18.5 Å². The van der Waals surface area contributed by atoms with E-state index in [1.165, 1.54) is 0 Å². The van der Waals surface area contributed by atoms with Crippen molar-refractivity contribution in [2.24, 2.45) is 0 Å². The lowest BCUT2D eigenvalue weighted by Crippen LogP contribution is -2.43. The zero-order chi connectivity index (χ0) is 18.6. The predicted octanol–water partition coefficient (Wildman–Crippen LogP) is 2.01. The van der Waals surface area contributed by atoms with Crippen LogP contribution in [0.4, 0.5) is 0 Å². The van der Waals surface area contributed by atoms with Crippen LogP contribution in [0.5, 0.6) is 0 Å². The molecule has 0 saturated carbocycles. The number of nitrogens with zero attached hydrogens (tertiary/aromatic N) is 1. The molecule has 0 aliphatic carbocycles. The highest BCUT2D eigenvalue weighted by molar-refractivity contribution is 7.91. The van der Waals surface area contributed by atoms with Gasteiger partial charge in [-0.1, -0.05) is 60.7 Å². The Balaban J connectivity index is 1.69. The Bertz CT molecular complexity index is 798. The normalized spacial score (nSPS) is 18.8. The number of carbonyl (C=O) groups excluding carboxylic acids is 1. The first-order chi connectivity index (χ1) is 12.5. The van der Waals surface area contributed by atoms with Gasteiger partial charge in [0.2, 0.25) is 5.91 Å². The van der Waals surface area contributed by atoms with Crippen LogP contribution in [0.2, 0.25) is 0 Å². The van der Waals surface area contributed by atoms with Crippen molar-refractivity contribution in [2.75, 3.05) is 25.1 Å². The predicted molar refractivity (Wildman–Crippen MR) is 103 cm³/mol. The van der Waals surface area contributed by atoms with Crippen LogP contribution in [0.3, 0.4) is 0 Å². The van der Waals surface area contributed by atoms with Crippen LogP contribution < -0.4 is 5.32 Å². The highest BCUT2D eigenvalue weighted by Crippen LogP contribution is 2.22. The van der Waals surface area contributed by atoms with Crippen molar-refractivity contribution in [1.82, 2.24) is 10.2 Å². The highest BCUT2D eigenvalue weighted by atomic mass is 32.2. The summed E-state index contributed by atoms with van der Waals surface area (Å²) in [5.41, 5.74) is 2.16. The van der Waals surface area contributed by atoms with Crippen molar-refractivity contribution < 1.29 is 13.2 Å².